The van der Waals surface area contributed by atoms with Gasteiger partial charge in [0.2, 0.25) is 11.8 Å². The number of hydrogen-bond donors (Lipinski definition) is 1. The highest BCUT2D eigenvalue weighted by atomic mass is 32.2. The van der Waals surface area contributed by atoms with E-state index >= 15 is 0 Å². The van der Waals surface area contributed by atoms with E-state index in [9.17, 15) is 4.79 Å². The molecule has 0 spiro atoms. The van der Waals surface area contributed by atoms with Gasteiger partial charge in [0.05, 0.1) is 11.5 Å². The molecule has 0 atom stereocenters. The van der Waals surface area contributed by atoms with Crippen LogP contribution >= 0.6 is 11.8 Å². The number of thioether (sulfide) groups is 1. The van der Waals surface area contributed by atoms with E-state index in [2.05, 4.69) is 39.7 Å². The van der Waals surface area contributed by atoms with Crippen LogP contribution in [0.2, 0.25) is 0 Å². The molecule has 0 saturated heterocycles. The van der Waals surface area contributed by atoms with Crippen LogP contribution in [-0.2, 0) is 16.0 Å². The van der Waals surface area contributed by atoms with E-state index < -0.39 is 0 Å². The first-order chi connectivity index (χ1) is 11.8. The fourth-order valence-electron chi connectivity index (χ4n) is 2.89. The molecule has 5 nitrogen and oxygen atoms in total. The van der Waals surface area contributed by atoms with Crippen LogP contribution in [0.3, 0.4) is 0 Å². The number of nitrogens with one attached hydrogen (secondary N) is 1. The van der Waals surface area contributed by atoms with Crippen LogP contribution < -0.4 is 5.32 Å². The predicted molar refractivity (Wildman–Crippen MR) is 92.8 cm³/mol. The third kappa shape index (κ3) is 3.64. The van der Waals surface area contributed by atoms with Gasteiger partial charge in [-0.15, -0.1) is 11.8 Å². The lowest BCUT2D eigenvalue weighted by molar-refractivity contribution is -0.118. The van der Waals surface area contributed by atoms with Crippen LogP contribution in [0.25, 0.3) is 0 Å². The Morgan fingerprint density at radius 3 is 2.79 bits per heavy atom. The second kappa shape index (κ2) is 6.59. The molecule has 6 heteroatoms. The molecular weight excluding hydrogens is 322 g/mol. The van der Waals surface area contributed by atoms with Crippen LogP contribution in [0.4, 0.5) is 0 Å². The van der Waals surface area contributed by atoms with Crippen molar-refractivity contribution in [3.8, 4) is 0 Å². The summed E-state index contributed by atoms with van der Waals surface area (Å²) in [5.74, 6) is 3.05. The first-order valence-electron chi connectivity index (χ1n) is 8.48. The van der Waals surface area contributed by atoms with E-state index in [4.69, 9.17) is 4.52 Å². The number of hydrogen-bond acceptors (Lipinski definition) is 5. The lowest BCUT2D eigenvalue weighted by atomic mass is 9.96. The van der Waals surface area contributed by atoms with E-state index in [0.717, 1.165) is 38.1 Å². The van der Waals surface area contributed by atoms with Gasteiger partial charge in [0.25, 0.3) is 0 Å². The van der Waals surface area contributed by atoms with E-state index in [0.29, 0.717) is 23.2 Å². The average Bonchev–Trinajstić information content (AvgIpc) is 3.54. The van der Waals surface area contributed by atoms with Gasteiger partial charge >= 0.3 is 0 Å². The minimum Gasteiger partial charge on any atom is -0.354 e. The second-order valence-electron chi connectivity index (χ2n) is 6.74. The first-order valence-corrected chi connectivity index (χ1v) is 9.63. The van der Waals surface area contributed by atoms with Crippen molar-refractivity contribution in [2.75, 3.05) is 12.3 Å². The molecule has 0 aliphatic heterocycles. The van der Waals surface area contributed by atoms with Crippen LogP contribution in [0, 0.1) is 0 Å². The van der Waals surface area contributed by atoms with Gasteiger partial charge in [0.15, 0.2) is 5.82 Å². The summed E-state index contributed by atoms with van der Waals surface area (Å²) in [5, 5.41) is 7.05. The molecule has 24 heavy (non-hydrogen) atoms. The van der Waals surface area contributed by atoms with Crippen molar-refractivity contribution >= 4 is 17.7 Å². The van der Waals surface area contributed by atoms with Crippen molar-refractivity contribution in [2.45, 2.75) is 42.8 Å². The number of benzene rings is 1. The van der Waals surface area contributed by atoms with Gasteiger partial charge in [-0.25, -0.2) is 0 Å². The van der Waals surface area contributed by atoms with Crippen molar-refractivity contribution in [1.82, 2.24) is 15.5 Å². The Balaban J connectivity index is 1.19. The number of aromatic nitrogens is 2. The zero-order valence-electron chi connectivity index (χ0n) is 13.5. The summed E-state index contributed by atoms with van der Waals surface area (Å²) in [6.07, 6.45) is 4.61. The fraction of sp³-hybridized carbons (Fsp3) is 0.500. The lowest BCUT2D eigenvalue weighted by Crippen LogP contribution is -2.33. The SMILES string of the molecule is O=C(CSCc1noc(C2CC2)n1)NCC1(c2ccccc2)CC1. The molecule has 0 bridgehead atoms. The predicted octanol–water partition coefficient (Wildman–Crippen LogP) is 3.03. The molecule has 1 aromatic heterocycles. The number of nitrogens with zero attached hydrogens (tertiary/aromatic N) is 2. The van der Waals surface area contributed by atoms with Gasteiger partial charge < -0.3 is 9.84 Å². The minimum absolute atomic E-state index is 0.0770. The molecule has 2 fully saturated rings. The van der Waals surface area contributed by atoms with Gasteiger partial charge in [-0.05, 0) is 31.2 Å². The Labute approximate surface area is 145 Å². The summed E-state index contributed by atoms with van der Waals surface area (Å²) in [6, 6.07) is 10.5. The first kappa shape index (κ1) is 15.7. The smallest absolute Gasteiger partial charge is 0.230 e. The van der Waals surface area contributed by atoms with Crippen LogP contribution in [0.5, 0.6) is 0 Å². The highest BCUT2D eigenvalue weighted by Gasteiger charge is 2.44. The maximum absolute atomic E-state index is 12.1. The van der Waals surface area contributed by atoms with Crippen LogP contribution in [0.15, 0.2) is 34.9 Å². The molecule has 4 rings (SSSR count). The number of carbonyl (C=O) groups excluding carboxylic acids is 1. The Morgan fingerprint density at radius 1 is 1.29 bits per heavy atom. The monoisotopic (exact) mass is 343 g/mol. The maximum Gasteiger partial charge on any atom is 0.230 e. The number of carbonyl (C=O) groups is 1. The van der Waals surface area contributed by atoms with Crippen molar-refractivity contribution in [1.29, 1.82) is 0 Å². The molecule has 0 radical (unpaired) electrons. The lowest BCUT2D eigenvalue weighted by Gasteiger charge is -2.16. The average molecular weight is 343 g/mol. The van der Waals surface area contributed by atoms with Crippen molar-refractivity contribution < 1.29 is 9.32 Å². The quantitative estimate of drug-likeness (QED) is 0.798. The highest BCUT2D eigenvalue weighted by Crippen LogP contribution is 2.47. The third-order valence-electron chi connectivity index (χ3n) is 4.74. The number of rotatable bonds is 8. The summed E-state index contributed by atoms with van der Waals surface area (Å²) in [7, 11) is 0. The van der Waals surface area contributed by atoms with Crippen molar-refractivity contribution in [3.63, 3.8) is 0 Å². The fourth-order valence-corrected chi connectivity index (χ4v) is 3.58. The zero-order chi connectivity index (χ0) is 16.4. The van der Waals surface area contributed by atoms with Gasteiger partial charge in [0, 0.05) is 17.9 Å². The standard InChI is InChI=1S/C18H21N3O2S/c22-16(11-24-10-15-20-17(23-21-15)13-6-7-13)19-12-18(8-9-18)14-4-2-1-3-5-14/h1-5,13H,6-12H2,(H,19,22). The summed E-state index contributed by atoms with van der Waals surface area (Å²) < 4.78 is 5.22. The third-order valence-corrected chi connectivity index (χ3v) is 5.67. The molecule has 1 N–H and O–H groups in total. The van der Waals surface area contributed by atoms with Gasteiger partial charge in [-0.2, -0.15) is 4.98 Å². The van der Waals surface area contributed by atoms with Crippen LogP contribution in [-0.4, -0.2) is 28.3 Å². The van der Waals surface area contributed by atoms with E-state index in [-0.39, 0.29) is 11.3 Å². The van der Waals surface area contributed by atoms with Gasteiger partial charge in [-0.1, -0.05) is 35.5 Å². The molecule has 126 valence electrons. The summed E-state index contributed by atoms with van der Waals surface area (Å²) in [5.41, 5.74) is 1.49. The van der Waals surface area contributed by atoms with E-state index in [1.165, 1.54) is 17.3 Å². The molecule has 2 aliphatic rings. The minimum atomic E-state index is 0.0770. The zero-order valence-corrected chi connectivity index (χ0v) is 14.3. The Morgan fingerprint density at radius 2 is 2.08 bits per heavy atom. The van der Waals surface area contributed by atoms with Gasteiger partial charge in [-0.3, -0.25) is 4.79 Å². The molecule has 0 unspecified atom stereocenters. The maximum atomic E-state index is 12.1. The van der Waals surface area contributed by atoms with E-state index in [1.54, 1.807) is 0 Å². The normalized spacial score (nSPS) is 18.3. The molecule has 1 amide bonds. The van der Waals surface area contributed by atoms with Gasteiger partial charge in [0.1, 0.15) is 0 Å². The number of amides is 1. The summed E-state index contributed by atoms with van der Waals surface area (Å²) in [4.78, 5) is 16.4. The molecule has 2 aromatic rings. The topological polar surface area (TPSA) is 68.0 Å². The molecule has 2 aliphatic carbocycles. The largest absolute Gasteiger partial charge is 0.354 e. The summed E-state index contributed by atoms with van der Waals surface area (Å²) >= 11 is 1.53. The molecule has 1 heterocycles. The molecule has 1 aromatic carbocycles. The van der Waals surface area contributed by atoms with E-state index in [1.807, 2.05) is 6.07 Å². The van der Waals surface area contributed by atoms with Crippen LogP contribution in [0.1, 0.15) is 48.9 Å². The highest BCUT2D eigenvalue weighted by molar-refractivity contribution is 7.99. The second-order valence-corrected chi connectivity index (χ2v) is 7.72. The molecule has 2 saturated carbocycles. The van der Waals surface area contributed by atoms with Crippen molar-refractivity contribution in [2.24, 2.45) is 0 Å². The Kier molecular flexibility index (Phi) is 4.31. The van der Waals surface area contributed by atoms with Crippen molar-refractivity contribution in [3.05, 3.63) is 47.6 Å². The Hall–Kier alpha value is -1.82. The Bertz CT molecular complexity index is 708. The summed E-state index contributed by atoms with van der Waals surface area (Å²) in [6.45, 7) is 0.727. The molecular formula is C18H21N3O2S.